The summed E-state index contributed by atoms with van der Waals surface area (Å²) < 4.78 is 44.2. The molecule has 2 aromatic rings. The molecule has 0 bridgehead atoms. The van der Waals surface area contributed by atoms with E-state index in [0.717, 1.165) is 6.20 Å². The Balaban J connectivity index is 2.28. The number of nitrogens with zero attached hydrogens (tertiary/aromatic N) is 3. The summed E-state index contributed by atoms with van der Waals surface area (Å²) in [5, 5.41) is 21.0. The molecule has 1 heterocycles. The van der Waals surface area contributed by atoms with Crippen LogP contribution in [-0.4, -0.2) is 33.3 Å². The first-order chi connectivity index (χ1) is 13.9. The highest BCUT2D eigenvalue weighted by Gasteiger charge is 2.34. The molecule has 0 radical (unpaired) electrons. The van der Waals surface area contributed by atoms with E-state index in [2.05, 4.69) is 15.3 Å². The Bertz CT molecular complexity index is 957. The lowest BCUT2D eigenvalue weighted by molar-refractivity contribution is -0.144. The summed E-state index contributed by atoms with van der Waals surface area (Å²) in [7, 11) is 0. The van der Waals surface area contributed by atoms with Crippen molar-refractivity contribution in [2.24, 2.45) is 5.92 Å². The van der Waals surface area contributed by atoms with Gasteiger partial charge in [0.2, 0.25) is 5.82 Å². The molecule has 30 heavy (non-hydrogen) atoms. The highest BCUT2D eigenvalue weighted by atomic mass is 19.4. The molecule has 1 unspecified atom stereocenters. The van der Waals surface area contributed by atoms with E-state index in [1.54, 1.807) is 6.92 Å². The van der Waals surface area contributed by atoms with Gasteiger partial charge in [0.05, 0.1) is 16.8 Å². The van der Waals surface area contributed by atoms with Crippen molar-refractivity contribution in [1.82, 2.24) is 15.3 Å². The molecule has 160 valence electrons. The largest absolute Gasteiger partial charge is 0.490 e. The molecule has 0 aliphatic carbocycles. The molecule has 2 N–H and O–H groups in total. The van der Waals surface area contributed by atoms with E-state index < -0.39 is 23.6 Å². The lowest BCUT2D eigenvalue weighted by Crippen LogP contribution is -2.50. The van der Waals surface area contributed by atoms with Gasteiger partial charge in [0.15, 0.2) is 0 Å². The Morgan fingerprint density at radius 1 is 1.33 bits per heavy atom. The van der Waals surface area contributed by atoms with Crippen LogP contribution in [0.15, 0.2) is 30.5 Å². The van der Waals surface area contributed by atoms with Gasteiger partial charge in [-0.15, -0.1) is 0 Å². The molecule has 10 heteroatoms. The first kappa shape index (κ1) is 22.9. The Morgan fingerprint density at radius 2 is 2.03 bits per heavy atom. The van der Waals surface area contributed by atoms with Crippen LogP contribution >= 0.6 is 0 Å². The topological polar surface area (TPSA) is 108 Å². The minimum Gasteiger partial charge on any atom is -0.490 e. The fraction of sp³-hybridized carbons (Fsp3) is 0.400. The van der Waals surface area contributed by atoms with Crippen molar-refractivity contribution in [3.05, 3.63) is 41.9 Å². The number of carboxylic acid groups (broad SMARTS) is 1. The zero-order chi connectivity index (χ0) is 22.5. The van der Waals surface area contributed by atoms with E-state index in [1.807, 2.05) is 19.9 Å². The van der Waals surface area contributed by atoms with Crippen LogP contribution in [0.5, 0.6) is 5.75 Å². The number of aromatic nitrogens is 2. The van der Waals surface area contributed by atoms with Crippen LogP contribution in [0.4, 0.5) is 18.0 Å². The van der Waals surface area contributed by atoms with Crippen LogP contribution in [0, 0.1) is 17.2 Å². The fourth-order valence-electron chi connectivity index (χ4n) is 3.10. The minimum absolute atomic E-state index is 0.0116. The normalized spacial score (nSPS) is 13.4. The summed E-state index contributed by atoms with van der Waals surface area (Å²) in [5.74, 6) is -0.902. The maximum absolute atomic E-state index is 12.8. The SMILES string of the molecule is CC(C)CC(C)(COc1ccc(-c2ccnc(C(F)(F)F)n2)cc1C#N)NC(=O)O. The molecule has 0 fully saturated rings. The molecule has 0 aliphatic heterocycles. The molecule has 0 aliphatic rings. The number of hydrogen-bond acceptors (Lipinski definition) is 5. The number of hydrogen-bond donors (Lipinski definition) is 2. The second-order valence-electron chi connectivity index (χ2n) is 7.46. The number of benzene rings is 1. The molecular weight excluding hydrogens is 401 g/mol. The predicted molar refractivity (Wildman–Crippen MR) is 102 cm³/mol. The van der Waals surface area contributed by atoms with Crippen LogP contribution in [0.25, 0.3) is 11.3 Å². The van der Waals surface area contributed by atoms with Crippen molar-refractivity contribution in [3.8, 4) is 23.1 Å². The Labute approximate surface area is 171 Å². The summed E-state index contributed by atoms with van der Waals surface area (Å²) in [4.78, 5) is 17.8. The molecule has 1 aromatic heterocycles. The van der Waals surface area contributed by atoms with Gasteiger partial charge in [-0.1, -0.05) is 13.8 Å². The van der Waals surface area contributed by atoms with Gasteiger partial charge in [0.1, 0.15) is 18.4 Å². The second kappa shape index (κ2) is 8.98. The molecule has 1 atom stereocenters. The molecule has 2 rings (SSSR count). The van der Waals surface area contributed by atoms with Gasteiger partial charge in [-0.25, -0.2) is 14.8 Å². The van der Waals surface area contributed by atoms with Crippen molar-refractivity contribution in [1.29, 1.82) is 5.26 Å². The van der Waals surface area contributed by atoms with E-state index in [0.29, 0.717) is 12.0 Å². The molecule has 1 amide bonds. The minimum atomic E-state index is -4.69. The monoisotopic (exact) mass is 422 g/mol. The third-order valence-corrected chi connectivity index (χ3v) is 4.12. The first-order valence-corrected chi connectivity index (χ1v) is 9.02. The van der Waals surface area contributed by atoms with E-state index >= 15 is 0 Å². The van der Waals surface area contributed by atoms with Crippen molar-refractivity contribution in [2.45, 2.75) is 38.9 Å². The van der Waals surface area contributed by atoms with Gasteiger partial charge in [-0.05, 0) is 43.5 Å². The van der Waals surface area contributed by atoms with Crippen LogP contribution in [0.2, 0.25) is 0 Å². The maximum Gasteiger partial charge on any atom is 0.451 e. The molecule has 0 saturated heterocycles. The third kappa shape index (κ3) is 6.07. The Kier molecular flexibility index (Phi) is 6.87. The molecule has 1 aromatic carbocycles. The number of amides is 1. The maximum atomic E-state index is 12.8. The molecular formula is C20H21F3N4O3. The Hall–Kier alpha value is -3.35. The van der Waals surface area contributed by atoms with Gasteiger partial charge < -0.3 is 15.2 Å². The number of nitriles is 1. The number of carbonyl (C=O) groups is 1. The van der Waals surface area contributed by atoms with E-state index in [-0.39, 0.29) is 29.5 Å². The smallest absolute Gasteiger partial charge is 0.451 e. The summed E-state index contributed by atoms with van der Waals surface area (Å²) >= 11 is 0. The van der Waals surface area contributed by atoms with Gasteiger partial charge >= 0.3 is 12.3 Å². The van der Waals surface area contributed by atoms with E-state index in [9.17, 15) is 23.2 Å². The molecule has 7 nitrogen and oxygen atoms in total. The van der Waals surface area contributed by atoms with Crippen molar-refractivity contribution >= 4 is 6.09 Å². The zero-order valence-electron chi connectivity index (χ0n) is 16.6. The summed E-state index contributed by atoms with van der Waals surface area (Å²) in [6.45, 7) is 5.54. The number of rotatable bonds is 7. The quantitative estimate of drug-likeness (QED) is 0.681. The highest BCUT2D eigenvalue weighted by molar-refractivity contribution is 5.66. The lowest BCUT2D eigenvalue weighted by Gasteiger charge is -2.31. The van der Waals surface area contributed by atoms with Crippen molar-refractivity contribution in [2.75, 3.05) is 6.61 Å². The third-order valence-electron chi connectivity index (χ3n) is 4.12. The summed E-state index contributed by atoms with van der Waals surface area (Å²) in [6.07, 6.45) is -4.38. The van der Waals surface area contributed by atoms with Crippen molar-refractivity contribution in [3.63, 3.8) is 0 Å². The van der Waals surface area contributed by atoms with E-state index in [1.165, 1.54) is 24.3 Å². The molecule has 0 spiro atoms. The summed E-state index contributed by atoms with van der Waals surface area (Å²) in [6, 6.07) is 7.53. The van der Waals surface area contributed by atoms with E-state index in [4.69, 9.17) is 9.84 Å². The summed E-state index contributed by atoms with van der Waals surface area (Å²) in [5.41, 5.74) is -0.500. The van der Waals surface area contributed by atoms with Gasteiger partial charge in [-0.3, -0.25) is 0 Å². The predicted octanol–water partition coefficient (Wildman–Crippen LogP) is 4.49. The van der Waals surface area contributed by atoms with Crippen LogP contribution in [-0.2, 0) is 6.18 Å². The number of alkyl halides is 3. The highest BCUT2D eigenvalue weighted by Crippen LogP contribution is 2.30. The van der Waals surface area contributed by atoms with Crippen LogP contribution in [0.3, 0.4) is 0 Å². The van der Waals surface area contributed by atoms with Gasteiger partial charge in [-0.2, -0.15) is 18.4 Å². The van der Waals surface area contributed by atoms with Crippen molar-refractivity contribution < 1.29 is 27.8 Å². The average Bonchev–Trinajstić information content (AvgIpc) is 2.64. The lowest BCUT2D eigenvalue weighted by atomic mass is 9.91. The number of nitrogens with one attached hydrogen (secondary N) is 1. The van der Waals surface area contributed by atoms with Crippen LogP contribution in [0.1, 0.15) is 38.6 Å². The molecule has 0 saturated carbocycles. The number of ether oxygens (including phenoxy) is 1. The standard InChI is InChI=1S/C20H21F3N4O3/c1-12(2)9-19(3,27-18(28)29)11-30-16-5-4-13(8-14(16)10-24)15-6-7-25-17(26-15)20(21,22)23/h4-8,12,27H,9,11H2,1-3H3,(H,28,29). The zero-order valence-corrected chi connectivity index (χ0v) is 16.6. The van der Waals surface area contributed by atoms with Gasteiger partial charge in [0, 0.05) is 11.8 Å². The fourth-order valence-corrected chi connectivity index (χ4v) is 3.10. The number of halogens is 3. The van der Waals surface area contributed by atoms with Crippen LogP contribution < -0.4 is 10.1 Å². The average molecular weight is 422 g/mol. The van der Waals surface area contributed by atoms with Gasteiger partial charge in [0.25, 0.3) is 0 Å². The second-order valence-corrected chi connectivity index (χ2v) is 7.46. The Morgan fingerprint density at radius 3 is 2.60 bits per heavy atom. The first-order valence-electron chi connectivity index (χ1n) is 9.02.